The van der Waals surface area contributed by atoms with Crippen molar-refractivity contribution >= 4 is 51.6 Å². The standard InChI is InChI=1S/C30H31ClFN5O5/c31-22-12-20(5-6-23(22)32)36-29-21-13-25(26(41-16-19-3-4-19)14-24(21)34-18-35-29)33-9-1-2-27(38)37-15-28(39)42-30(17-37)7-10-40-11-8-30/h1-2,5-6,12-14,18-19,33H,3-4,7-11,15-17H2,(H,34,35,36). The number of esters is 1. The molecular formula is C30H31ClFN5O5. The van der Waals surface area contributed by atoms with Crippen LogP contribution in [0.5, 0.6) is 5.75 Å². The maximum Gasteiger partial charge on any atom is 0.326 e. The molecule has 3 aromatic rings. The van der Waals surface area contributed by atoms with Crippen LogP contribution >= 0.6 is 11.6 Å². The number of aromatic nitrogens is 2. The SMILES string of the molecule is O=C1CN(C(=O)C=CCNc2cc3c(Nc4ccc(F)c(Cl)c4)ncnc3cc2OCC2CC2)CC2(CCOCC2)O1. The number of amides is 1. The van der Waals surface area contributed by atoms with Gasteiger partial charge in [-0.2, -0.15) is 0 Å². The van der Waals surface area contributed by atoms with Gasteiger partial charge in [0, 0.05) is 42.6 Å². The minimum atomic E-state index is -0.665. The molecule has 3 fully saturated rings. The Morgan fingerprint density at radius 2 is 2.05 bits per heavy atom. The third-order valence-electron chi connectivity index (χ3n) is 7.61. The third kappa shape index (κ3) is 6.57. The Morgan fingerprint density at radius 1 is 1.21 bits per heavy atom. The van der Waals surface area contributed by atoms with Crippen molar-refractivity contribution in [2.24, 2.45) is 5.92 Å². The molecule has 0 unspecified atom stereocenters. The van der Waals surface area contributed by atoms with Crippen molar-refractivity contribution in [2.75, 3.05) is 50.1 Å². The first-order valence-electron chi connectivity index (χ1n) is 14.0. The summed E-state index contributed by atoms with van der Waals surface area (Å²) >= 11 is 5.96. The van der Waals surface area contributed by atoms with Crippen molar-refractivity contribution in [2.45, 2.75) is 31.3 Å². The van der Waals surface area contributed by atoms with E-state index >= 15 is 0 Å². The lowest BCUT2D eigenvalue weighted by Crippen LogP contribution is -2.57. The summed E-state index contributed by atoms with van der Waals surface area (Å²) in [5.74, 6) is 0.556. The van der Waals surface area contributed by atoms with Gasteiger partial charge in [0.05, 0.1) is 42.6 Å². The lowest BCUT2D eigenvalue weighted by molar-refractivity contribution is -0.188. The number of hydrogen-bond donors (Lipinski definition) is 2. The van der Waals surface area contributed by atoms with Crippen LogP contribution in [0.2, 0.25) is 5.02 Å². The summed E-state index contributed by atoms with van der Waals surface area (Å²) in [6.45, 7) is 2.24. The quantitative estimate of drug-likeness (QED) is 0.264. The molecule has 2 aliphatic heterocycles. The van der Waals surface area contributed by atoms with Gasteiger partial charge >= 0.3 is 5.97 Å². The molecule has 2 N–H and O–H groups in total. The van der Waals surface area contributed by atoms with Crippen LogP contribution in [0.1, 0.15) is 25.7 Å². The van der Waals surface area contributed by atoms with E-state index in [1.807, 2.05) is 12.1 Å². The molecule has 1 spiro atoms. The molecule has 2 saturated heterocycles. The van der Waals surface area contributed by atoms with E-state index in [9.17, 15) is 14.0 Å². The molecular weight excluding hydrogens is 565 g/mol. The molecule has 10 nitrogen and oxygen atoms in total. The number of carbonyl (C=O) groups is 2. The molecule has 1 amide bonds. The predicted molar refractivity (Wildman–Crippen MR) is 156 cm³/mol. The van der Waals surface area contributed by atoms with E-state index in [1.54, 1.807) is 12.1 Å². The first kappa shape index (κ1) is 28.2. The minimum absolute atomic E-state index is 0.00202. The van der Waals surface area contributed by atoms with Gasteiger partial charge in [-0.25, -0.2) is 14.4 Å². The number of nitrogens with one attached hydrogen (secondary N) is 2. The van der Waals surface area contributed by atoms with Gasteiger partial charge in [-0.3, -0.25) is 9.59 Å². The Bertz CT molecular complexity index is 1530. The summed E-state index contributed by atoms with van der Waals surface area (Å²) in [6.07, 6.45) is 8.09. The number of ether oxygens (including phenoxy) is 3. The van der Waals surface area contributed by atoms with Gasteiger partial charge in [0.1, 0.15) is 35.9 Å². The van der Waals surface area contributed by atoms with Crippen LogP contribution in [-0.4, -0.2) is 71.8 Å². The van der Waals surface area contributed by atoms with Crippen LogP contribution in [0.25, 0.3) is 10.9 Å². The maximum absolute atomic E-state index is 13.7. The fraction of sp³-hybridized carbons (Fsp3) is 0.400. The van der Waals surface area contributed by atoms with Crippen molar-refractivity contribution in [3.8, 4) is 5.75 Å². The number of nitrogens with zero attached hydrogens (tertiary/aromatic N) is 3. The lowest BCUT2D eigenvalue weighted by atomic mass is 9.92. The summed E-state index contributed by atoms with van der Waals surface area (Å²) in [5, 5.41) is 7.24. The molecule has 0 radical (unpaired) electrons. The van der Waals surface area contributed by atoms with Gasteiger partial charge in [-0.15, -0.1) is 0 Å². The zero-order valence-electron chi connectivity index (χ0n) is 22.9. The first-order valence-corrected chi connectivity index (χ1v) is 14.4. The molecule has 3 aliphatic rings. The number of benzene rings is 2. The first-order chi connectivity index (χ1) is 20.4. The van der Waals surface area contributed by atoms with E-state index in [1.165, 1.54) is 29.4 Å². The van der Waals surface area contributed by atoms with E-state index in [4.69, 9.17) is 25.8 Å². The van der Waals surface area contributed by atoms with Crippen molar-refractivity contribution in [3.05, 3.63) is 59.7 Å². The molecule has 6 rings (SSSR count). The van der Waals surface area contributed by atoms with Crippen LogP contribution in [0.3, 0.4) is 0 Å². The van der Waals surface area contributed by atoms with Gasteiger partial charge < -0.3 is 29.7 Å². The third-order valence-corrected chi connectivity index (χ3v) is 7.90. The summed E-state index contributed by atoms with van der Waals surface area (Å²) in [5.41, 5.74) is 1.29. The Morgan fingerprint density at radius 3 is 2.83 bits per heavy atom. The van der Waals surface area contributed by atoms with E-state index in [-0.39, 0.29) is 17.5 Å². The Balaban J connectivity index is 1.18. The van der Waals surface area contributed by atoms with E-state index in [2.05, 4.69) is 20.6 Å². The molecule has 42 heavy (non-hydrogen) atoms. The normalized spacial score (nSPS) is 18.3. The number of anilines is 3. The highest BCUT2D eigenvalue weighted by Gasteiger charge is 2.43. The number of morpholine rings is 1. The molecule has 0 bridgehead atoms. The zero-order valence-corrected chi connectivity index (χ0v) is 23.7. The molecule has 12 heteroatoms. The fourth-order valence-corrected chi connectivity index (χ4v) is 5.28. The van der Waals surface area contributed by atoms with Crippen molar-refractivity contribution < 1.29 is 28.2 Å². The Kier molecular flexibility index (Phi) is 8.12. The molecule has 1 saturated carbocycles. The largest absolute Gasteiger partial charge is 0.491 e. The molecule has 1 aromatic heterocycles. The molecule has 3 heterocycles. The summed E-state index contributed by atoms with van der Waals surface area (Å²) in [6, 6.07) is 8.09. The number of rotatable bonds is 9. The smallest absolute Gasteiger partial charge is 0.326 e. The van der Waals surface area contributed by atoms with Gasteiger partial charge in [-0.05, 0) is 43.0 Å². The Hall–Kier alpha value is -3.96. The van der Waals surface area contributed by atoms with Crippen LogP contribution in [0.4, 0.5) is 21.6 Å². The van der Waals surface area contributed by atoms with Gasteiger partial charge in [0.15, 0.2) is 0 Å². The van der Waals surface area contributed by atoms with E-state index < -0.39 is 17.4 Å². The van der Waals surface area contributed by atoms with Gasteiger partial charge in [-0.1, -0.05) is 17.7 Å². The fourth-order valence-electron chi connectivity index (χ4n) is 5.10. The van der Waals surface area contributed by atoms with Crippen molar-refractivity contribution in [3.63, 3.8) is 0 Å². The van der Waals surface area contributed by atoms with Crippen LogP contribution in [0.15, 0.2) is 48.8 Å². The van der Waals surface area contributed by atoms with Crippen molar-refractivity contribution in [1.29, 1.82) is 0 Å². The second-order valence-electron chi connectivity index (χ2n) is 10.8. The minimum Gasteiger partial charge on any atom is -0.491 e. The molecule has 220 valence electrons. The Labute approximate surface area is 247 Å². The van der Waals surface area contributed by atoms with Crippen molar-refractivity contribution in [1.82, 2.24) is 14.9 Å². The second-order valence-corrected chi connectivity index (χ2v) is 11.3. The predicted octanol–water partition coefficient (Wildman–Crippen LogP) is 4.86. The number of halogens is 2. The van der Waals surface area contributed by atoms with E-state index in [0.717, 1.165) is 12.8 Å². The molecule has 2 aromatic carbocycles. The number of fused-ring (bicyclic) bond motifs is 1. The molecule has 1 aliphatic carbocycles. The molecule has 0 atom stereocenters. The highest BCUT2D eigenvalue weighted by atomic mass is 35.5. The number of hydrogen-bond acceptors (Lipinski definition) is 9. The zero-order chi connectivity index (χ0) is 29.1. The highest BCUT2D eigenvalue weighted by molar-refractivity contribution is 6.31. The summed E-state index contributed by atoms with van der Waals surface area (Å²) in [4.78, 5) is 35.6. The highest BCUT2D eigenvalue weighted by Crippen LogP contribution is 2.36. The van der Waals surface area contributed by atoms with E-state index in [0.29, 0.717) is 85.5 Å². The monoisotopic (exact) mass is 595 g/mol. The van der Waals surface area contributed by atoms with Crippen LogP contribution < -0.4 is 15.4 Å². The number of carbonyl (C=O) groups excluding carboxylic acids is 2. The topological polar surface area (TPSA) is 115 Å². The second kappa shape index (κ2) is 12.1. The van der Waals surface area contributed by atoms with Crippen LogP contribution in [0, 0.1) is 11.7 Å². The summed E-state index contributed by atoms with van der Waals surface area (Å²) < 4.78 is 30.8. The van der Waals surface area contributed by atoms with Gasteiger partial charge in [0.2, 0.25) is 5.91 Å². The van der Waals surface area contributed by atoms with Gasteiger partial charge in [0.25, 0.3) is 0 Å². The maximum atomic E-state index is 13.7. The van der Waals surface area contributed by atoms with Crippen LogP contribution in [-0.2, 0) is 19.1 Å². The lowest BCUT2D eigenvalue weighted by Gasteiger charge is -2.43. The average Bonchev–Trinajstić information content (AvgIpc) is 3.81. The average molecular weight is 596 g/mol. The summed E-state index contributed by atoms with van der Waals surface area (Å²) in [7, 11) is 0.